The molecular weight excluding hydrogens is 817 g/mol. The van der Waals surface area contributed by atoms with E-state index in [9.17, 15) is 31.1 Å². The minimum atomic E-state index is -5.03. The number of piperazine rings is 1. The summed E-state index contributed by atoms with van der Waals surface area (Å²) < 4.78 is 77.8. The van der Waals surface area contributed by atoms with Crippen LogP contribution in [0.3, 0.4) is 0 Å². The molecule has 16 heteroatoms. The molecule has 2 heterocycles. The maximum absolute atomic E-state index is 13.9. The molecule has 1 saturated carbocycles. The van der Waals surface area contributed by atoms with Gasteiger partial charge in [0.1, 0.15) is 0 Å². The predicted octanol–water partition coefficient (Wildman–Crippen LogP) is 11.2. The molecule has 0 spiro atoms. The first-order chi connectivity index (χ1) is 24.2. The lowest BCUT2D eigenvalue weighted by molar-refractivity contribution is -0.143. The van der Waals surface area contributed by atoms with Crippen LogP contribution in [0.1, 0.15) is 91.2 Å². The summed E-state index contributed by atoms with van der Waals surface area (Å²) >= 11 is 38.0. The number of likely N-dealkylation sites (tertiary alicyclic amines) is 1. The van der Waals surface area contributed by atoms with Gasteiger partial charge in [-0.25, -0.2) is 0 Å². The van der Waals surface area contributed by atoms with Crippen molar-refractivity contribution in [2.75, 3.05) is 45.8 Å². The van der Waals surface area contributed by atoms with Crippen LogP contribution in [0, 0.1) is 0 Å². The van der Waals surface area contributed by atoms with Crippen LogP contribution in [0.25, 0.3) is 0 Å². The maximum Gasteiger partial charge on any atom is 0.416 e. The Labute approximate surface area is 330 Å². The van der Waals surface area contributed by atoms with Crippen LogP contribution in [-0.4, -0.2) is 72.5 Å². The zero-order valence-electron chi connectivity index (χ0n) is 28.3. The third kappa shape index (κ3) is 10.7. The molecule has 5 rings (SSSR count). The molecule has 3 aliphatic rings. The number of halogens is 12. The van der Waals surface area contributed by atoms with Gasteiger partial charge in [-0.05, 0) is 68.0 Å². The molecule has 1 atom stereocenters. The van der Waals surface area contributed by atoms with Gasteiger partial charge in [-0.2, -0.15) is 26.3 Å². The molecule has 3 fully saturated rings. The van der Waals surface area contributed by atoms with Crippen LogP contribution >= 0.6 is 69.6 Å². The number of hydrogen-bond acceptors (Lipinski definition) is 3. The Hall–Kier alpha value is -0.850. The van der Waals surface area contributed by atoms with Crippen molar-refractivity contribution >= 4 is 75.5 Å². The Morgan fingerprint density at radius 1 is 0.712 bits per heavy atom. The second kappa shape index (κ2) is 16.7. The lowest BCUT2D eigenvalue weighted by Crippen LogP contribution is -2.52. The molecular formula is C36H41Cl6F6N3O. The molecule has 1 aliphatic carbocycles. The van der Waals surface area contributed by atoms with Crippen LogP contribution < -0.4 is 0 Å². The van der Waals surface area contributed by atoms with Crippen LogP contribution in [0.15, 0.2) is 36.4 Å². The summed E-state index contributed by atoms with van der Waals surface area (Å²) in [4.78, 5) is 20.4. The van der Waals surface area contributed by atoms with Crippen LogP contribution in [-0.2, 0) is 36.6 Å². The monoisotopic (exact) mass is 855 g/mol. The molecule has 0 N–H and O–H groups in total. The van der Waals surface area contributed by atoms with Crippen molar-refractivity contribution in [3.05, 3.63) is 69.8 Å². The Balaban J connectivity index is 1.45. The van der Waals surface area contributed by atoms with Gasteiger partial charge in [0.25, 0.3) is 0 Å². The van der Waals surface area contributed by atoms with Gasteiger partial charge in [0.05, 0.1) is 17.5 Å². The van der Waals surface area contributed by atoms with E-state index in [0.29, 0.717) is 50.4 Å². The fourth-order valence-corrected chi connectivity index (χ4v) is 8.98. The molecule has 0 aromatic heterocycles. The highest BCUT2D eigenvalue weighted by atomic mass is 35.6. The molecule has 2 aromatic carbocycles. The van der Waals surface area contributed by atoms with Crippen molar-refractivity contribution in [3.63, 3.8) is 0 Å². The van der Waals surface area contributed by atoms with E-state index in [1.54, 1.807) is 23.1 Å². The van der Waals surface area contributed by atoms with Crippen molar-refractivity contribution in [2.45, 2.75) is 95.6 Å². The predicted molar refractivity (Wildman–Crippen MR) is 197 cm³/mol. The largest absolute Gasteiger partial charge is 0.416 e. The number of carbonyl (C=O) groups excluding carboxylic acids is 1. The average molecular weight is 858 g/mol. The van der Waals surface area contributed by atoms with Gasteiger partial charge >= 0.3 is 12.4 Å². The fraction of sp³-hybridized carbons (Fsp3) is 0.639. The third-order valence-electron chi connectivity index (χ3n) is 10.8. The summed E-state index contributed by atoms with van der Waals surface area (Å²) in [6.45, 7) is 4.75. The smallest absolute Gasteiger partial charge is 0.342 e. The topological polar surface area (TPSA) is 26.8 Å². The first-order valence-corrected chi connectivity index (χ1v) is 19.7. The first kappa shape index (κ1) is 42.3. The summed E-state index contributed by atoms with van der Waals surface area (Å²) in [6, 6.07) is 6.94. The van der Waals surface area contributed by atoms with Gasteiger partial charge in [0.2, 0.25) is 13.5 Å². The maximum atomic E-state index is 13.9. The molecule has 0 unspecified atom stereocenters. The molecule has 2 saturated heterocycles. The molecule has 0 radical (unpaired) electrons. The van der Waals surface area contributed by atoms with Crippen LogP contribution in [0.2, 0.25) is 0 Å². The molecule has 290 valence electrons. The second-order valence-electron chi connectivity index (χ2n) is 14.3. The van der Waals surface area contributed by atoms with Crippen molar-refractivity contribution < 1.29 is 31.1 Å². The van der Waals surface area contributed by atoms with Crippen LogP contribution in [0.4, 0.5) is 26.3 Å². The molecule has 1 amide bonds. The normalized spacial score (nSPS) is 22.4. The Morgan fingerprint density at radius 3 is 1.87 bits per heavy atom. The highest BCUT2D eigenvalue weighted by molar-refractivity contribution is 6.69. The van der Waals surface area contributed by atoms with E-state index in [4.69, 9.17) is 69.6 Å². The third-order valence-corrected chi connectivity index (χ3v) is 12.1. The second-order valence-corrected chi connectivity index (χ2v) is 18.9. The van der Waals surface area contributed by atoms with Gasteiger partial charge in [0, 0.05) is 61.9 Å². The molecule has 52 heavy (non-hydrogen) atoms. The van der Waals surface area contributed by atoms with E-state index in [-0.39, 0.29) is 35.8 Å². The van der Waals surface area contributed by atoms with Crippen molar-refractivity contribution in [1.29, 1.82) is 0 Å². The Bertz CT molecular complexity index is 1520. The van der Waals surface area contributed by atoms with Gasteiger partial charge in [-0.1, -0.05) is 113 Å². The van der Waals surface area contributed by atoms with Crippen LogP contribution in [0.5, 0.6) is 0 Å². The number of benzene rings is 2. The summed E-state index contributed by atoms with van der Waals surface area (Å²) in [7, 11) is 0. The zero-order chi connectivity index (χ0) is 38.1. The summed E-state index contributed by atoms with van der Waals surface area (Å²) in [5, 5.41) is 0. The minimum Gasteiger partial charge on any atom is -0.342 e. The highest BCUT2D eigenvalue weighted by Crippen LogP contribution is 2.50. The Kier molecular flexibility index (Phi) is 13.6. The number of hydrogen-bond donors (Lipinski definition) is 0. The average Bonchev–Trinajstić information content (AvgIpc) is 3.30. The molecule has 0 bridgehead atoms. The van der Waals surface area contributed by atoms with Gasteiger partial charge in [0.15, 0.2) is 0 Å². The first-order valence-electron chi connectivity index (χ1n) is 17.5. The van der Waals surface area contributed by atoms with Gasteiger partial charge in [-0.15, -0.1) is 0 Å². The number of nitrogens with zero attached hydrogens (tertiary/aromatic N) is 3. The SMILES string of the molecule is O=C(Cc1cc(C(F)(F)F)cc(C(F)(F)F)c1)N1CCCC[C@](CCN2CCN(C3CCCCC3)CC2)(c2ccc(C(Cl)(Cl)Cl)c(C(Cl)(Cl)Cl)c2)C1. The lowest BCUT2D eigenvalue weighted by atomic mass is 9.73. The number of rotatable bonds is 7. The zero-order valence-corrected chi connectivity index (χ0v) is 32.9. The minimum absolute atomic E-state index is 0.0586. The van der Waals surface area contributed by atoms with Gasteiger partial charge in [-0.3, -0.25) is 9.69 Å². The summed E-state index contributed by atoms with van der Waals surface area (Å²) in [5.74, 6) is -0.584. The summed E-state index contributed by atoms with van der Waals surface area (Å²) in [6.07, 6.45) is -1.99. The van der Waals surface area contributed by atoms with E-state index < -0.39 is 48.8 Å². The van der Waals surface area contributed by atoms with Gasteiger partial charge < -0.3 is 9.80 Å². The van der Waals surface area contributed by atoms with Crippen molar-refractivity contribution in [1.82, 2.24) is 14.7 Å². The molecule has 2 aromatic rings. The number of carbonyl (C=O) groups is 1. The van der Waals surface area contributed by atoms with Crippen molar-refractivity contribution in [2.24, 2.45) is 0 Å². The summed E-state index contributed by atoms with van der Waals surface area (Å²) in [5.41, 5.74) is -2.98. The highest BCUT2D eigenvalue weighted by Gasteiger charge is 2.42. The van der Waals surface area contributed by atoms with E-state index in [0.717, 1.165) is 31.7 Å². The fourth-order valence-electron chi connectivity index (χ4n) is 8.02. The molecule has 4 nitrogen and oxygen atoms in total. The molecule has 2 aliphatic heterocycles. The standard InChI is InChI=1S/C36H41Cl6F6N3O/c37-33(38,39)29-9-8-25(22-30(29)34(40,41)42)32(11-13-49-14-16-50(17-15-49)28-6-2-1-3-7-28)10-4-5-12-51(23-32)31(52)20-24-18-26(35(43,44)45)21-27(19-24)36(46,47)48/h8-9,18-19,21-22,28H,1-7,10-17,20,23H2/t32-/m1/s1. The Morgan fingerprint density at radius 2 is 1.31 bits per heavy atom. The quantitative estimate of drug-likeness (QED) is 0.205. The number of alkyl halides is 12. The van der Waals surface area contributed by atoms with Crippen molar-refractivity contribution in [3.8, 4) is 0 Å². The van der Waals surface area contributed by atoms with E-state index in [2.05, 4.69) is 9.80 Å². The van der Waals surface area contributed by atoms with E-state index >= 15 is 0 Å². The lowest BCUT2D eigenvalue weighted by Gasteiger charge is -2.43. The number of amides is 1. The van der Waals surface area contributed by atoms with E-state index in [1.165, 1.54) is 32.1 Å². The van der Waals surface area contributed by atoms with E-state index in [1.807, 2.05) is 0 Å².